The molecule has 0 amide bonds. The molecule has 0 fully saturated rings. The molecule has 0 aliphatic carbocycles. The number of halogens is 1. The first-order valence-corrected chi connectivity index (χ1v) is 7.25. The van der Waals surface area contributed by atoms with Crippen molar-refractivity contribution in [1.29, 1.82) is 0 Å². The van der Waals surface area contributed by atoms with E-state index >= 15 is 0 Å². The molecule has 0 saturated heterocycles. The summed E-state index contributed by atoms with van der Waals surface area (Å²) in [5, 5.41) is 0. The second kappa shape index (κ2) is 5.34. The Hall–Kier alpha value is -0.640. The highest BCUT2D eigenvalue weighted by atomic mass is 79.9. The van der Waals surface area contributed by atoms with Gasteiger partial charge in [-0.1, -0.05) is 23.8 Å². The van der Waals surface area contributed by atoms with Gasteiger partial charge >= 0.3 is 0 Å². The van der Waals surface area contributed by atoms with E-state index in [9.17, 15) is 0 Å². The molecule has 2 aromatic rings. The van der Waals surface area contributed by atoms with Crippen LogP contribution in [0.25, 0.3) is 0 Å². The second-order valence-electron chi connectivity index (χ2n) is 4.29. The molecule has 1 heterocycles. The molecule has 3 heteroatoms. The van der Waals surface area contributed by atoms with E-state index < -0.39 is 0 Å². The van der Waals surface area contributed by atoms with Crippen molar-refractivity contribution in [2.45, 2.75) is 19.8 Å². The zero-order valence-corrected chi connectivity index (χ0v) is 12.4. The summed E-state index contributed by atoms with van der Waals surface area (Å²) >= 11 is 5.28. The van der Waals surface area contributed by atoms with Crippen molar-refractivity contribution in [3.63, 3.8) is 0 Å². The number of nitrogens with two attached hydrogens (primary N) is 1. The summed E-state index contributed by atoms with van der Waals surface area (Å²) in [7, 11) is 0. The minimum absolute atomic E-state index is 0.311. The van der Waals surface area contributed by atoms with Gasteiger partial charge < -0.3 is 5.73 Å². The van der Waals surface area contributed by atoms with Gasteiger partial charge in [-0.05, 0) is 53.0 Å². The van der Waals surface area contributed by atoms with Crippen molar-refractivity contribution in [3.05, 3.63) is 55.7 Å². The van der Waals surface area contributed by atoms with Crippen LogP contribution in [0.3, 0.4) is 0 Å². The summed E-state index contributed by atoms with van der Waals surface area (Å²) in [6, 6.07) is 10.8. The number of hydrogen-bond donors (Lipinski definition) is 1. The molecule has 0 bridgehead atoms. The van der Waals surface area contributed by atoms with E-state index in [1.165, 1.54) is 21.6 Å². The summed E-state index contributed by atoms with van der Waals surface area (Å²) in [6.07, 6.45) is 0. The van der Waals surface area contributed by atoms with Gasteiger partial charge in [-0.25, -0.2) is 0 Å². The molecule has 0 aliphatic rings. The lowest BCUT2D eigenvalue weighted by Gasteiger charge is -2.17. The Morgan fingerprint density at radius 1 is 1.24 bits per heavy atom. The molecule has 1 unspecified atom stereocenters. The average Bonchev–Trinajstić information content (AvgIpc) is 2.71. The third-order valence-corrected chi connectivity index (χ3v) is 4.72. The van der Waals surface area contributed by atoms with Crippen molar-refractivity contribution in [2.24, 2.45) is 5.73 Å². The van der Waals surface area contributed by atoms with Crippen molar-refractivity contribution in [1.82, 2.24) is 0 Å². The van der Waals surface area contributed by atoms with E-state index in [4.69, 9.17) is 5.73 Å². The van der Waals surface area contributed by atoms with Crippen LogP contribution in [0.15, 0.2) is 34.1 Å². The van der Waals surface area contributed by atoms with E-state index in [0.717, 1.165) is 3.79 Å². The van der Waals surface area contributed by atoms with Gasteiger partial charge in [0.05, 0.1) is 3.79 Å². The molecule has 2 N–H and O–H groups in total. The van der Waals surface area contributed by atoms with Gasteiger partial charge in [-0.2, -0.15) is 0 Å². The first-order chi connectivity index (χ1) is 8.11. The summed E-state index contributed by atoms with van der Waals surface area (Å²) < 4.78 is 1.16. The van der Waals surface area contributed by atoms with Crippen LogP contribution in [0.5, 0.6) is 0 Å². The predicted molar refractivity (Wildman–Crippen MR) is 78.8 cm³/mol. The summed E-state index contributed by atoms with van der Waals surface area (Å²) in [4.78, 5) is 1.33. The molecule has 1 nitrogen and oxygen atoms in total. The van der Waals surface area contributed by atoms with Crippen LogP contribution >= 0.6 is 27.3 Å². The third-order valence-electron chi connectivity index (χ3n) is 2.98. The topological polar surface area (TPSA) is 26.0 Å². The van der Waals surface area contributed by atoms with Gasteiger partial charge in [0.2, 0.25) is 0 Å². The van der Waals surface area contributed by atoms with E-state index in [2.05, 4.69) is 60.1 Å². The fourth-order valence-corrected chi connectivity index (χ4v) is 3.60. The number of benzene rings is 1. The highest BCUT2D eigenvalue weighted by molar-refractivity contribution is 9.11. The average molecular weight is 310 g/mol. The van der Waals surface area contributed by atoms with E-state index in [-0.39, 0.29) is 0 Å². The number of rotatable bonds is 3. The van der Waals surface area contributed by atoms with Crippen LogP contribution in [-0.4, -0.2) is 6.54 Å². The Morgan fingerprint density at radius 2 is 2.00 bits per heavy atom. The molecule has 0 saturated carbocycles. The fourth-order valence-electron chi connectivity index (χ4n) is 2.05. The monoisotopic (exact) mass is 309 g/mol. The van der Waals surface area contributed by atoms with Gasteiger partial charge in [-0.15, -0.1) is 11.3 Å². The largest absolute Gasteiger partial charge is 0.329 e. The van der Waals surface area contributed by atoms with Gasteiger partial charge in [0.1, 0.15) is 0 Å². The second-order valence-corrected chi connectivity index (χ2v) is 6.78. The fraction of sp³-hybridized carbons (Fsp3) is 0.286. The van der Waals surface area contributed by atoms with Gasteiger partial charge in [0.25, 0.3) is 0 Å². The smallest absolute Gasteiger partial charge is 0.0701 e. The van der Waals surface area contributed by atoms with Crippen LogP contribution in [0.2, 0.25) is 0 Å². The molecular formula is C14H16BrNS. The lowest BCUT2D eigenvalue weighted by atomic mass is 9.92. The Kier molecular flexibility index (Phi) is 4.02. The number of aryl methyl sites for hydroxylation is 2. The first kappa shape index (κ1) is 12.8. The molecule has 1 aromatic carbocycles. The maximum atomic E-state index is 5.96. The first-order valence-electron chi connectivity index (χ1n) is 5.64. The molecule has 0 spiro atoms. The van der Waals surface area contributed by atoms with Crippen LogP contribution in [0.1, 0.15) is 27.5 Å². The standard InChI is InChI=1S/C14H16BrNS/c1-9-3-4-10(2)11(7-9)12(8-16)13-5-6-14(15)17-13/h3-7,12H,8,16H2,1-2H3. The molecule has 2 rings (SSSR count). The van der Waals surface area contributed by atoms with E-state index in [1.807, 2.05) is 0 Å². The molecule has 1 atom stereocenters. The molecule has 0 radical (unpaired) electrons. The van der Waals surface area contributed by atoms with E-state index in [1.54, 1.807) is 11.3 Å². The Morgan fingerprint density at radius 3 is 2.59 bits per heavy atom. The van der Waals surface area contributed by atoms with Crippen molar-refractivity contribution in [3.8, 4) is 0 Å². The van der Waals surface area contributed by atoms with Crippen LogP contribution < -0.4 is 5.73 Å². The molecule has 0 aliphatic heterocycles. The van der Waals surface area contributed by atoms with E-state index in [0.29, 0.717) is 12.5 Å². The summed E-state index contributed by atoms with van der Waals surface area (Å²) in [6.45, 7) is 4.93. The Balaban J connectivity index is 2.45. The quantitative estimate of drug-likeness (QED) is 0.902. The Labute approximate surface area is 115 Å². The van der Waals surface area contributed by atoms with Crippen LogP contribution in [0.4, 0.5) is 0 Å². The molecule has 17 heavy (non-hydrogen) atoms. The lowest BCUT2D eigenvalue weighted by Crippen LogP contribution is -2.14. The maximum Gasteiger partial charge on any atom is 0.0701 e. The van der Waals surface area contributed by atoms with Crippen LogP contribution in [-0.2, 0) is 0 Å². The molecule has 1 aromatic heterocycles. The normalized spacial score (nSPS) is 12.7. The number of hydrogen-bond acceptors (Lipinski definition) is 2. The molecule has 90 valence electrons. The lowest BCUT2D eigenvalue weighted by molar-refractivity contribution is 0.827. The van der Waals surface area contributed by atoms with Crippen molar-refractivity contribution in [2.75, 3.05) is 6.54 Å². The van der Waals surface area contributed by atoms with Crippen molar-refractivity contribution >= 4 is 27.3 Å². The minimum Gasteiger partial charge on any atom is -0.329 e. The highest BCUT2D eigenvalue weighted by Gasteiger charge is 2.16. The third kappa shape index (κ3) is 2.79. The van der Waals surface area contributed by atoms with Crippen LogP contribution in [0, 0.1) is 13.8 Å². The maximum absolute atomic E-state index is 5.96. The van der Waals surface area contributed by atoms with Crippen molar-refractivity contribution < 1.29 is 0 Å². The highest BCUT2D eigenvalue weighted by Crippen LogP contribution is 2.33. The van der Waals surface area contributed by atoms with Gasteiger partial charge in [0, 0.05) is 17.3 Å². The molecular weight excluding hydrogens is 294 g/mol. The SMILES string of the molecule is Cc1ccc(C)c(C(CN)c2ccc(Br)s2)c1. The van der Waals surface area contributed by atoms with Gasteiger partial charge in [-0.3, -0.25) is 0 Å². The van der Waals surface area contributed by atoms with Gasteiger partial charge in [0.15, 0.2) is 0 Å². The Bertz CT molecular complexity index is 519. The zero-order valence-electron chi connectivity index (χ0n) is 10.0. The zero-order chi connectivity index (χ0) is 12.4. The summed E-state index contributed by atoms with van der Waals surface area (Å²) in [5.74, 6) is 0.311. The minimum atomic E-state index is 0.311. The predicted octanol–water partition coefficient (Wildman–Crippen LogP) is 4.22. The number of thiophene rings is 1. The summed E-state index contributed by atoms with van der Waals surface area (Å²) in [5.41, 5.74) is 9.91.